The van der Waals surface area contributed by atoms with E-state index in [9.17, 15) is 5.11 Å². The molecule has 2 atom stereocenters. The second kappa shape index (κ2) is 7.46. The molecule has 0 aliphatic heterocycles. The number of aryl methyl sites for hydroxylation is 1. The average molecular weight is 236 g/mol. The molecule has 17 heavy (non-hydrogen) atoms. The molecule has 0 fully saturated rings. The highest BCUT2D eigenvalue weighted by Gasteiger charge is 2.19. The van der Waals surface area contributed by atoms with Gasteiger partial charge in [-0.1, -0.05) is 51.0 Å². The van der Waals surface area contributed by atoms with Crippen LogP contribution in [0.15, 0.2) is 24.3 Å². The van der Waals surface area contributed by atoms with E-state index in [0.29, 0.717) is 0 Å². The Morgan fingerprint density at radius 3 is 2.59 bits per heavy atom. The van der Waals surface area contributed by atoms with Crippen molar-refractivity contribution in [1.29, 1.82) is 0 Å². The molecular weight excluding hydrogens is 212 g/mol. The van der Waals surface area contributed by atoms with Gasteiger partial charge in [0.2, 0.25) is 0 Å². The van der Waals surface area contributed by atoms with Crippen LogP contribution in [0.25, 0.3) is 0 Å². The van der Waals surface area contributed by atoms with Crippen LogP contribution in [0.3, 0.4) is 0 Å². The summed E-state index contributed by atoms with van der Waals surface area (Å²) in [4.78, 5) is 0. The van der Waals surface area contributed by atoms with E-state index < -0.39 is 6.10 Å². The van der Waals surface area contributed by atoms with Crippen molar-refractivity contribution in [2.75, 3.05) is 7.11 Å². The Morgan fingerprint density at radius 1 is 1.24 bits per heavy atom. The molecule has 0 bridgehead atoms. The van der Waals surface area contributed by atoms with Gasteiger partial charge >= 0.3 is 0 Å². The summed E-state index contributed by atoms with van der Waals surface area (Å²) >= 11 is 0. The predicted molar refractivity (Wildman–Crippen MR) is 71.1 cm³/mol. The molecule has 0 heterocycles. The van der Waals surface area contributed by atoms with Crippen LogP contribution in [0.1, 0.15) is 50.3 Å². The largest absolute Gasteiger partial charge is 0.386 e. The fraction of sp³-hybridized carbons (Fsp3) is 0.600. The van der Waals surface area contributed by atoms with Crippen LogP contribution >= 0.6 is 0 Å². The third kappa shape index (κ3) is 4.14. The van der Waals surface area contributed by atoms with Crippen LogP contribution in [0.4, 0.5) is 0 Å². The summed E-state index contributed by atoms with van der Waals surface area (Å²) in [6.07, 6.45) is 3.47. The molecule has 2 nitrogen and oxygen atoms in total. The van der Waals surface area contributed by atoms with Crippen molar-refractivity contribution in [3.8, 4) is 0 Å². The Balaban J connectivity index is 2.79. The molecule has 2 unspecified atom stereocenters. The van der Waals surface area contributed by atoms with E-state index >= 15 is 0 Å². The molecule has 0 spiro atoms. The summed E-state index contributed by atoms with van der Waals surface area (Å²) in [5.41, 5.74) is 2.26. The van der Waals surface area contributed by atoms with Gasteiger partial charge in [-0.05, 0) is 24.0 Å². The molecule has 0 saturated heterocycles. The second-order valence-corrected chi connectivity index (χ2v) is 4.50. The quantitative estimate of drug-likeness (QED) is 0.785. The van der Waals surface area contributed by atoms with Gasteiger partial charge in [0.15, 0.2) is 0 Å². The van der Waals surface area contributed by atoms with Crippen LogP contribution in [0, 0.1) is 0 Å². The lowest BCUT2D eigenvalue weighted by atomic mass is 9.98. The van der Waals surface area contributed by atoms with Gasteiger partial charge < -0.3 is 9.84 Å². The first kappa shape index (κ1) is 14.2. The number of benzene rings is 1. The van der Waals surface area contributed by atoms with E-state index in [4.69, 9.17) is 4.74 Å². The maximum Gasteiger partial charge on any atom is 0.105 e. The SMILES string of the molecule is CCCc1cccc(C(O)C(CCC)OC)c1. The monoisotopic (exact) mass is 236 g/mol. The lowest BCUT2D eigenvalue weighted by Crippen LogP contribution is -2.20. The predicted octanol–water partition coefficient (Wildman–Crippen LogP) is 3.49. The van der Waals surface area contributed by atoms with Gasteiger partial charge in [0.05, 0.1) is 6.10 Å². The number of hydrogen-bond donors (Lipinski definition) is 1. The smallest absolute Gasteiger partial charge is 0.105 e. The number of rotatable bonds is 7. The number of ether oxygens (including phenoxy) is 1. The Morgan fingerprint density at radius 2 is 2.00 bits per heavy atom. The highest BCUT2D eigenvalue weighted by Crippen LogP contribution is 2.23. The normalized spacial score (nSPS) is 14.6. The van der Waals surface area contributed by atoms with E-state index in [1.165, 1.54) is 5.56 Å². The van der Waals surface area contributed by atoms with Gasteiger partial charge in [0.1, 0.15) is 6.10 Å². The molecule has 2 heteroatoms. The third-order valence-electron chi connectivity index (χ3n) is 3.06. The molecule has 0 saturated carbocycles. The van der Waals surface area contributed by atoms with Crippen molar-refractivity contribution in [3.05, 3.63) is 35.4 Å². The van der Waals surface area contributed by atoms with Crippen LogP contribution < -0.4 is 0 Å². The highest BCUT2D eigenvalue weighted by atomic mass is 16.5. The van der Waals surface area contributed by atoms with E-state index in [1.807, 2.05) is 12.1 Å². The van der Waals surface area contributed by atoms with Crippen molar-refractivity contribution >= 4 is 0 Å². The van der Waals surface area contributed by atoms with Gasteiger partial charge in [-0.15, -0.1) is 0 Å². The summed E-state index contributed by atoms with van der Waals surface area (Å²) in [6.45, 7) is 4.27. The second-order valence-electron chi connectivity index (χ2n) is 4.50. The zero-order valence-corrected chi connectivity index (χ0v) is 11.1. The van der Waals surface area contributed by atoms with Crippen molar-refractivity contribution < 1.29 is 9.84 Å². The first-order valence-electron chi connectivity index (χ1n) is 6.52. The Kier molecular flexibility index (Phi) is 6.23. The molecule has 0 amide bonds. The minimum atomic E-state index is -0.517. The lowest BCUT2D eigenvalue weighted by molar-refractivity contribution is -0.0180. The molecule has 1 aromatic rings. The Hall–Kier alpha value is -0.860. The van der Waals surface area contributed by atoms with Crippen molar-refractivity contribution in [2.45, 2.75) is 51.7 Å². The number of aliphatic hydroxyl groups excluding tert-OH is 1. The number of aliphatic hydroxyl groups is 1. The maximum absolute atomic E-state index is 10.3. The van der Waals surface area contributed by atoms with Crippen LogP contribution in [0.2, 0.25) is 0 Å². The number of methoxy groups -OCH3 is 1. The molecule has 1 aromatic carbocycles. The summed E-state index contributed by atoms with van der Waals surface area (Å²) in [5.74, 6) is 0. The molecule has 0 aliphatic carbocycles. The highest BCUT2D eigenvalue weighted by molar-refractivity contribution is 5.26. The van der Waals surface area contributed by atoms with Gasteiger partial charge in [0, 0.05) is 7.11 Å². The summed E-state index contributed by atoms with van der Waals surface area (Å²) in [7, 11) is 1.67. The molecule has 0 aliphatic rings. The summed E-state index contributed by atoms with van der Waals surface area (Å²) in [5, 5.41) is 10.3. The number of hydrogen-bond acceptors (Lipinski definition) is 2. The first-order valence-corrected chi connectivity index (χ1v) is 6.52. The third-order valence-corrected chi connectivity index (χ3v) is 3.06. The molecular formula is C15H24O2. The van der Waals surface area contributed by atoms with Crippen molar-refractivity contribution in [3.63, 3.8) is 0 Å². The van der Waals surface area contributed by atoms with E-state index in [2.05, 4.69) is 26.0 Å². The van der Waals surface area contributed by atoms with Crippen LogP contribution in [-0.4, -0.2) is 18.3 Å². The molecule has 1 N–H and O–H groups in total. The zero-order valence-electron chi connectivity index (χ0n) is 11.1. The minimum Gasteiger partial charge on any atom is -0.386 e. The lowest BCUT2D eigenvalue weighted by Gasteiger charge is -2.21. The fourth-order valence-electron chi connectivity index (χ4n) is 2.13. The van der Waals surface area contributed by atoms with Gasteiger partial charge in [-0.25, -0.2) is 0 Å². The van der Waals surface area contributed by atoms with Crippen molar-refractivity contribution in [2.24, 2.45) is 0 Å². The van der Waals surface area contributed by atoms with Crippen LogP contribution in [-0.2, 0) is 11.2 Å². The average Bonchev–Trinajstić information content (AvgIpc) is 2.36. The summed E-state index contributed by atoms with van der Waals surface area (Å²) in [6, 6.07) is 8.20. The molecule has 0 aromatic heterocycles. The van der Waals surface area contributed by atoms with E-state index in [0.717, 1.165) is 31.2 Å². The van der Waals surface area contributed by atoms with E-state index in [1.54, 1.807) is 7.11 Å². The van der Waals surface area contributed by atoms with Crippen LogP contribution in [0.5, 0.6) is 0 Å². The van der Waals surface area contributed by atoms with Gasteiger partial charge in [0.25, 0.3) is 0 Å². The Bertz CT molecular complexity index is 322. The minimum absolute atomic E-state index is 0.100. The standard InChI is InChI=1S/C15H24O2/c1-4-7-12-9-6-10-13(11-12)15(16)14(17-3)8-5-2/h6,9-11,14-16H,4-5,7-8H2,1-3H3. The van der Waals surface area contributed by atoms with Gasteiger partial charge in [-0.3, -0.25) is 0 Å². The maximum atomic E-state index is 10.3. The zero-order chi connectivity index (χ0) is 12.7. The Labute approximate surface area is 105 Å². The summed E-state index contributed by atoms with van der Waals surface area (Å²) < 4.78 is 5.36. The van der Waals surface area contributed by atoms with E-state index in [-0.39, 0.29) is 6.10 Å². The van der Waals surface area contributed by atoms with Crippen molar-refractivity contribution in [1.82, 2.24) is 0 Å². The first-order chi connectivity index (χ1) is 8.22. The molecule has 0 radical (unpaired) electrons. The topological polar surface area (TPSA) is 29.5 Å². The molecule has 1 rings (SSSR count). The fourth-order valence-corrected chi connectivity index (χ4v) is 2.13. The van der Waals surface area contributed by atoms with Gasteiger partial charge in [-0.2, -0.15) is 0 Å². The molecule has 96 valence electrons.